The summed E-state index contributed by atoms with van der Waals surface area (Å²) in [5, 5.41) is 2.43. The first-order valence-electron chi connectivity index (χ1n) is 11.1. The molecule has 1 aliphatic rings. The van der Waals surface area contributed by atoms with E-state index in [1.165, 1.54) is 12.1 Å². The molecule has 4 rings (SSSR count). The van der Waals surface area contributed by atoms with E-state index in [1.54, 1.807) is 30.3 Å². The zero-order chi connectivity index (χ0) is 29.2. The number of alkyl halides is 3. The minimum absolute atomic E-state index is 0.0696. The number of benzene rings is 3. The molecular formula is C26H15Br2Cl2F3N2O4S. The highest BCUT2D eigenvalue weighted by molar-refractivity contribution is 9.11. The fraction of sp³-hybridized carbons (Fsp3) is 0.115. The minimum atomic E-state index is -4.59. The van der Waals surface area contributed by atoms with Crippen molar-refractivity contribution in [3.63, 3.8) is 0 Å². The van der Waals surface area contributed by atoms with Crippen LogP contribution in [-0.4, -0.2) is 28.5 Å². The summed E-state index contributed by atoms with van der Waals surface area (Å²) in [4.78, 5) is 38.5. The SMILES string of the molecule is O=C(CN1C(=O)S/C(=C\c2cc(Br)c(OCc3ccc(Cl)c(Cl)c3)c(Br)c2)C1=O)Nc1cccc(C(F)(F)F)c1. The number of imide groups is 1. The monoisotopic (exact) mass is 736 g/mol. The van der Waals surface area contributed by atoms with E-state index in [0.29, 0.717) is 42.1 Å². The van der Waals surface area contributed by atoms with E-state index in [4.69, 9.17) is 27.9 Å². The predicted octanol–water partition coefficient (Wildman–Crippen LogP) is 8.79. The molecule has 0 saturated carbocycles. The topological polar surface area (TPSA) is 75.7 Å². The van der Waals surface area contributed by atoms with Crippen LogP contribution >= 0.6 is 66.8 Å². The van der Waals surface area contributed by atoms with Crippen LogP contribution in [0.15, 0.2) is 68.4 Å². The highest BCUT2D eigenvalue weighted by atomic mass is 79.9. The number of carbonyl (C=O) groups excluding carboxylic acids is 3. The van der Waals surface area contributed by atoms with E-state index in [0.717, 1.165) is 28.7 Å². The second-order valence-electron chi connectivity index (χ2n) is 8.25. The van der Waals surface area contributed by atoms with Crippen LogP contribution < -0.4 is 10.1 Å². The Morgan fingerprint density at radius 2 is 1.73 bits per heavy atom. The summed E-state index contributed by atoms with van der Waals surface area (Å²) in [6, 6.07) is 12.5. The van der Waals surface area contributed by atoms with Crippen molar-refractivity contribution in [3.05, 3.63) is 95.2 Å². The van der Waals surface area contributed by atoms with E-state index in [-0.39, 0.29) is 17.2 Å². The van der Waals surface area contributed by atoms with Crippen LogP contribution in [0.5, 0.6) is 5.75 Å². The smallest absolute Gasteiger partial charge is 0.416 e. The number of ether oxygens (including phenoxy) is 1. The van der Waals surface area contributed by atoms with E-state index >= 15 is 0 Å². The average Bonchev–Trinajstić information content (AvgIpc) is 3.12. The zero-order valence-electron chi connectivity index (χ0n) is 19.8. The molecule has 0 spiro atoms. The number of hydrogen-bond acceptors (Lipinski definition) is 5. The Kier molecular flexibility index (Phi) is 9.56. The van der Waals surface area contributed by atoms with Crippen molar-refractivity contribution >= 4 is 95.6 Å². The molecule has 40 heavy (non-hydrogen) atoms. The summed E-state index contributed by atoms with van der Waals surface area (Å²) in [5.41, 5.74) is 0.295. The molecule has 6 nitrogen and oxygen atoms in total. The van der Waals surface area contributed by atoms with Crippen molar-refractivity contribution < 1.29 is 32.3 Å². The lowest BCUT2D eigenvalue weighted by Gasteiger charge is -2.13. The van der Waals surface area contributed by atoms with Crippen LogP contribution in [0, 0.1) is 0 Å². The number of anilines is 1. The predicted molar refractivity (Wildman–Crippen MR) is 155 cm³/mol. The molecule has 0 radical (unpaired) electrons. The first-order chi connectivity index (χ1) is 18.8. The summed E-state index contributed by atoms with van der Waals surface area (Å²) in [6.45, 7) is -0.456. The molecule has 0 unspecified atom stereocenters. The van der Waals surface area contributed by atoms with Gasteiger partial charge in [-0.05, 0) is 103 Å². The van der Waals surface area contributed by atoms with Gasteiger partial charge in [0.2, 0.25) is 5.91 Å². The van der Waals surface area contributed by atoms with Crippen LogP contribution in [0.4, 0.5) is 23.7 Å². The normalized spacial score (nSPS) is 14.7. The number of amides is 3. The number of hydrogen-bond donors (Lipinski definition) is 1. The number of thioether (sulfide) groups is 1. The number of nitrogens with one attached hydrogen (secondary N) is 1. The highest BCUT2D eigenvalue weighted by Gasteiger charge is 2.36. The van der Waals surface area contributed by atoms with E-state index in [9.17, 15) is 27.6 Å². The van der Waals surface area contributed by atoms with Gasteiger partial charge in [0.1, 0.15) is 18.9 Å². The van der Waals surface area contributed by atoms with Gasteiger partial charge in [-0.2, -0.15) is 13.2 Å². The Morgan fingerprint density at radius 3 is 2.38 bits per heavy atom. The van der Waals surface area contributed by atoms with E-state index in [1.807, 2.05) is 0 Å². The Labute approximate surface area is 257 Å². The first kappa shape index (κ1) is 30.4. The second kappa shape index (κ2) is 12.6. The van der Waals surface area contributed by atoms with Gasteiger partial charge in [-0.25, -0.2) is 0 Å². The van der Waals surface area contributed by atoms with Crippen molar-refractivity contribution in [2.45, 2.75) is 12.8 Å². The van der Waals surface area contributed by atoms with Crippen molar-refractivity contribution in [2.75, 3.05) is 11.9 Å². The van der Waals surface area contributed by atoms with Crippen LogP contribution in [-0.2, 0) is 22.4 Å². The highest BCUT2D eigenvalue weighted by Crippen LogP contribution is 2.38. The van der Waals surface area contributed by atoms with Gasteiger partial charge in [-0.15, -0.1) is 0 Å². The molecule has 14 heteroatoms. The van der Waals surface area contributed by atoms with Gasteiger partial charge in [0.15, 0.2) is 0 Å². The third-order valence-corrected chi connectivity index (χ3v) is 8.16. The molecule has 208 valence electrons. The largest absolute Gasteiger partial charge is 0.487 e. The van der Waals surface area contributed by atoms with Gasteiger partial charge in [0.05, 0.1) is 29.5 Å². The Hall–Kier alpha value is -2.51. The van der Waals surface area contributed by atoms with Crippen LogP contribution in [0.25, 0.3) is 6.08 Å². The molecule has 1 fully saturated rings. The average molecular weight is 739 g/mol. The van der Waals surface area contributed by atoms with Gasteiger partial charge in [0.25, 0.3) is 11.1 Å². The van der Waals surface area contributed by atoms with E-state index in [2.05, 4.69) is 37.2 Å². The van der Waals surface area contributed by atoms with Crippen LogP contribution in [0.3, 0.4) is 0 Å². The molecule has 0 atom stereocenters. The number of carbonyl (C=O) groups is 3. The number of rotatable bonds is 7. The van der Waals surface area contributed by atoms with Gasteiger partial charge in [0, 0.05) is 5.69 Å². The summed E-state index contributed by atoms with van der Waals surface area (Å²) in [7, 11) is 0. The maximum atomic E-state index is 12.9. The lowest BCUT2D eigenvalue weighted by atomic mass is 10.2. The van der Waals surface area contributed by atoms with Crippen molar-refractivity contribution in [1.29, 1.82) is 0 Å². The standard InChI is InChI=1S/C26H15Br2Cl2F3N2O4S/c27-17-6-14(7-18(28)23(17)39-12-13-4-5-19(29)20(30)8-13)9-21-24(37)35(25(38)40-21)11-22(36)34-16-3-1-2-15(10-16)26(31,32)33/h1-10H,11-12H2,(H,34,36)/b21-9-. The first-order valence-corrected chi connectivity index (χ1v) is 14.3. The zero-order valence-corrected chi connectivity index (χ0v) is 25.3. The lowest BCUT2D eigenvalue weighted by molar-refractivity contribution is -0.137. The Balaban J connectivity index is 1.43. The van der Waals surface area contributed by atoms with Crippen molar-refractivity contribution in [3.8, 4) is 5.75 Å². The maximum absolute atomic E-state index is 12.9. The van der Waals surface area contributed by atoms with Crippen molar-refractivity contribution in [2.24, 2.45) is 0 Å². The third-order valence-electron chi connectivity index (χ3n) is 5.33. The molecular weight excluding hydrogens is 724 g/mol. The number of halogens is 7. The Bertz CT molecular complexity index is 1530. The quantitative estimate of drug-likeness (QED) is 0.246. The summed E-state index contributed by atoms with van der Waals surface area (Å²) in [6.07, 6.45) is -3.11. The third kappa shape index (κ3) is 7.41. The molecule has 1 heterocycles. The van der Waals surface area contributed by atoms with Gasteiger partial charge >= 0.3 is 6.18 Å². The molecule has 1 N–H and O–H groups in total. The summed E-state index contributed by atoms with van der Waals surface area (Å²) in [5.74, 6) is -1.04. The van der Waals surface area contributed by atoms with Crippen LogP contribution in [0.2, 0.25) is 10.0 Å². The van der Waals surface area contributed by atoms with Gasteiger partial charge in [-0.3, -0.25) is 19.3 Å². The fourth-order valence-corrected chi connectivity index (χ4v) is 6.10. The Morgan fingerprint density at radius 1 is 1.02 bits per heavy atom. The molecule has 3 aromatic carbocycles. The molecule has 1 aliphatic heterocycles. The maximum Gasteiger partial charge on any atom is 0.416 e. The molecule has 0 bridgehead atoms. The van der Waals surface area contributed by atoms with Gasteiger partial charge in [-0.1, -0.05) is 35.3 Å². The fourth-order valence-electron chi connectivity index (χ4n) is 3.49. The minimum Gasteiger partial charge on any atom is -0.487 e. The second-order valence-corrected chi connectivity index (χ2v) is 11.8. The molecule has 3 amide bonds. The molecule has 1 saturated heterocycles. The summed E-state index contributed by atoms with van der Waals surface area (Å²) < 4.78 is 45.8. The van der Waals surface area contributed by atoms with Crippen molar-refractivity contribution in [1.82, 2.24) is 4.90 Å². The molecule has 0 aromatic heterocycles. The van der Waals surface area contributed by atoms with E-state index < -0.39 is 35.3 Å². The molecule has 3 aromatic rings. The van der Waals surface area contributed by atoms with Crippen LogP contribution in [0.1, 0.15) is 16.7 Å². The van der Waals surface area contributed by atoms with Gasteiger partial charge < -0.3 is 10.1 Å². The number of nitrogens with zero attached hydrogens (tertiary/aromatic N) is 1. The lowest BCUT2D eigenvalue weighted by Crippen LogP contribution is -2.36. The molecule has 0 aliphatic carbocycles. The summed E-state index contributed by atoms with van der Waals surface area (Å²) >= 11 is 19.5.